The molecule has 15 heteroatoms. The second-order valence-electron chi connectivity index (χ2n) is 10.5. The number of halogens is 1. The number of rotatable bonds is 11. The molecule has 13 nitrogen and oxygen atoms in total. The number of hydrogen-bond acceptors (Lipinski definition) is 9. The summed E-state index contributed by atoms with van der Waals surface area (Å²) in [7, 11) is -2.59. The van der Waals surface area contributed by atoms with Crippen LogP contribution in [0.3, 0.4) is 0 Å². The molecule has 1 aromatic rings. The fourth-order valence-corrected chi connectivity index (χ4v) is 7.17. The van der Waals surface area contributed by atoms with Crippen molar-refractivity contribution in [3.05, 3.63) is 29.3 Å². The molecular weight excluding hydrogens is 592 g/mol. The third kappa shape index (κ3) is 8.46. The van der Waals surface area contributed by atoms with Gasteiger partial charge in [0.1, 0.15) is 24.5 Å². The Hall–Kier alpha value is -2.20. The highest BCUT2D eigenvalue weighted by Crippen LogP contribution is 2.28. The average molecular weight is 633 g/mol. The smallest absolute Gasteiger partial charge is 0.410 e. The van der Waals surface area contributed by atoms with Crippen molar-refractivity contribution in [3.8, 4) is 5.75 Å². The van der Waals surface area contributed by atoms with Crippen LogP contribution in [-0.4, -0.2) is 112 Å². The Balaban J connectivity index is 1.46. The summed E-state index contributed by atoms with van der Waals surface area (Å²) in [4.78, 5) is 33.3. The van der Waals surface area contributed by atoms with Gasteiger partial charge in [-0.15, -0.1) is 0 Å². The first-order valence-corrected chi connectivity index (χ1v) is 16.2. The van der Waals surface area contributed by atoms with Crippen LogP contribution >= 0.6 is 11.6 Å². The molecule has 2 amide bonds. The molecule has 3 saturated heterocycles. The zero-order chi connectivity index (χ0) is 30.1. The Morgan fingerprint density at radius 2 is 1.81 bits per heavy atom. The summed E-state index contributed by atoms with van der Waals surface area (Å²) >= 11 is 5.96. The number of nitrogens with one attached hydrogen (secondary N) is 1. The molecule has 42 heavy (non-hydrogen) atoms. The number of hydrogen-bond donors (Lipinski definition) is 1. The number of piperidine rings is 1. The maximum atomic E-state index is 14.0. The first kappa shape index (κ1) is 32.7. The predicted octanol–water partition coefficient (Wildman–Crippen LogP) is 2.55. The second kappa shape index (κ2) is 15.5. The number of piperazine rings is 1. The highest BCUT2D eigenvalue weighted by atomic mass is 35.5. The van der Waals surface area contributed by atoms with Gasteiger partial charge in [0.2, 0.25) is 0 Å². The van der Waals surface area contributed by atoms with E-state index in [2.05, 4.69) is 5.48 Å². The van der Waals surface area contributed by atoms with E-state index in [0.29, 0.717) is 43.1 Å². The highest BCUT2D eigenvalue weighted by Gasteiger charge is 2.47. The molecule has 1 aromatic carbocycles. The van der Waals surface area contributed by atoms with Crippen LogP contribution in [0.4, 0.5) is 4.79 Å². The molecule has 3 fully saturated rings. The van der Waals surface area contributed by atoms with Crippen LogP contribution in [0.25, 0.3) is 0 Å². The fourth-order valence-electron chi connectivity index (χ4n) is 5.23. The zero-order valence-electron chi connectivity index (χ0n) is 24.1. The number of nitrogens with zero attached hydrogens (tertiary/aromatic N) is 3. The van der Waals surface area contributed by atoms with Crippen LogP contribution in [0.1, 0.15) is 45.4 Å². The molecule has 0 aromatic heterocycles. The summed E-state index contributed by atoms with van der Waals surface area (Å²) in [6, 6.07) is 5.30. The van der Waals surface area contributed by atoms with E-state index in [1.807, 2.05) is 6.92 Å². The third-order valence-corrected chi connectivity index (χ3v) is 9.90. The van der Waals surface area contributed by atoms with Crippen LogP contribution < -0.4 is 10.2 Å². The van der Waals surface area contributed by atoms with Gasteiger partial charge in [-0.2, -0.15) is 17.0 Å². The molecule has 1 N–H and O–H groups in total. The maximum absolute atomic E-state index is 14.0. The monoisotopic (exact) mass is 632 g/mol. The van der Waals surface area contributed by atoms with Crippen LogP contribution in [0.2, 0.25) is 5.02 Å². The van der Waals surface area contributed by atoms with E-state index in [0.717, 1.165) is 12.8 Å². The van der Waals surface area contributed by atoms with E-state index in [-0.39, 0.29) is 45.5 Å². The lowest BCUT2D eigenvalue weighted by Gasteiger charge is -2.45. The molecule has 0 bridgehead atoms. The molecule has 0 saturated carbocycles. The average Bonchev–Trinajstić information content (AvgIpc) is 3.01. The minimum absolute atomic E-state index is 0.0380. The molecule has 3 heterocycles. The Morgan fingerprint density at radius 3 is 2.45 bits per heavy atom. The normalized spacial score (nSPS) is 24.7. The van der Waals surface area contributed by atoms with Gasteiger partial charge in [0.25, 0.3) is 16.1 Å². The molecule has 3 aliphatic heterocycles. The van der Waals surface area contributed by atoms with Crippen LogP contribution in [0.5, 0.6) is 5.75 Å². The van der Waals surface area contributed by atoms with Gasteiger partial charge in [-0.05, 0) is 56.4 Å². The van der Waals surface area contributed by atoms with Gasteiger partial charge in [-0.25, -0.2) is 15.1 Å². The van der Waals surface area contributed by atoms with Gasteiger partial charge in [0.15, 0.2) is 6.29 Å². The summed E-state index contributed by atoms with van der Waals surface area (Å²) in [6.07, 6.45) is 2.40. The number of benzene rings is 1. The van der Waals surface area contributed by atoms with E-state index in [9.17, 15) is 18.0 Å². The standard InChI is InChI=1S/C27H41ClN4O9S/c1-3-21-18-32(42(35,36)30-13-11-23(12-14-30)40-22-9-7-20(28)8-10-22)24(19-31(21)27(34)39-17-16-37-2)26(33)29-41-25-6-4-5-15-38-25/h7-10,21,23-25H,3-6,11-19H2,1-2H3,(H,29,33)/t21-,24?,25?/m1/s1. The van der Waals surface area contributed by atoms with E-state index in [1.54, 1.807) is 24.3 Å². The van der Waals surface area contributed by atoms with Crippen LogP contribution in [0.15, 0.2) is 24.3 Å². The van der Waals surface area contributed by atoms with Crippen LogP contribution in [-0.2, 0) is 34.1 Å². The van der Waals surface area contributed by atoms with Gasteiger partial charge in [-0.1, -0.05) is 18.5 Å². The van der Waals surface area contributed by atoms with Gasteiger partial charge < -0.3 is 23.8 Å². The molecule has 2 unspecified atom stereocenters. The number of amides is 2. The molecule has 4 rings (SSSR count). The molecule has 3 aliphatic rings. The Bertz CT molecular complexity index is 1130. The third-order valence-electron chi connectivity index (χ3n) is 7.64. The molecule has 0 radical (unpaired) electrons. The number of carbonyl (C=O) groups is 2. The summed E-state index contributed by atoms with van der Waals surface area (Å²) in [6.45, 7) is 2.80. The summed E-state index contributed by atoms with van der Waals surface area (Å²) < 4.78 is 52.4. The SMILES string of the molecule is CC[C@@H]1CN(S(=O)(=O)N2CCC(Oc3ccc(Cl)cc3)CC2)C(C(=O)NOC2CCCCO2)CN1C(=O)OCCOC. The quantitative estimate of drug-likeness (QED) is 0.288. The van der Waals surface area contributed by atoms with Crippen LogP contribution in [0, 0.1) is 0 Å². The molecule has 0 spiro atoms. The first-order valence-electron chi connectivity index (χ1n) is 14.4. The molecule has 236 valence electrons. The van der Waals surface area contributed by atoms with Crippen molar-refractivity contribution in [1.82, 2.24) is 19.0 Å². The molecule has 0 aliphatic carbocycles. The maximum Gasteiger partial charge on any atom is 0.410 e. The van der Waals surface area contributed by atoms with Crippen molar-refractivity contribution in [1.29, 1.82) is 0 Å². The number of ether oxygens (including phenoxy) is 4. The predicted molar refractivity (Wildman–Crippen MR) is 153 cm³/mol. The van der Waals surface area contributed by atoms with E-state index in [1.165, 1.54) is 20.6 Å². The van der Waals surface area contributed by atoms with E-state index >= 15 is 0 Å². The Morgan fingerprint density at radius 1 is 1.07 bits per heavy atom. The van der Waals surface area contributed by atoms with Crippen molar-refractivity contribution in [2.45, 2.75) is 69.9 Å². The summed E-state index contributed by atoms with van der Waals surface area (Å²) in [5.41, 5.74) is 2.39. The van der Waals surface area contributed by atoms with Crippen molar-refractivity contribution < 1.29 is 41.8 Å². The van der Waals surface area contributed by atoms with Gasteiger partial charge in [-0.3, -0.25) is 4.79 Å². The van der Waals surface area contributed by atoms with Gasteiger partial charge in [0.05, 0.1) is 13.2 Å². The topological polar surface area (TPSA) is 136 Å². The summed E-state index contributed by atoms with van der Waals surface area (Å²) in [5, 5.41) is 0.604. The zero-order valence-corrected chi connectivity index (χ0v) is 25.7. The minimum atomic E-state index is -4.09. The Labute approximate surface area is 252 Å². The highest BCUT2D eigenvalue weighted by molar-refractivity contribution is 7.86. The fraction of sp³-hybridized carbons (Fsp3) is 0.704. The second-order valence-corrected chi connectivity index (χ2v) is 12.8. The van der Waals surface area contributed by atoms with Crippen molar-refractivity contribution >= 4 is 33.8 Å². The number of methoxy groups -OCH3 is 1. The van der Waals surface area contributed by atoms with Crippen molar-refractivity contribution in [2.24, 2.45) is 0 Å². The first-order chi connectivity index (χ1) is 20.2. The number of carbonyl (C=O) groups excluding carboxylic acids is 2. The minimum Gasteiger partial charge on any atom is -0.490 e. The lowest BCUT2D eigenvalue weighted by Crippen LogP contribution is -2.67. The molecular formula is C27H41ClN4O9S. The van der Waals surface area contributed by atoms with Gasteiger partial charge in [0, 0.05) is 50.8 Å². The van der Waals surface area contributed by atoms with E-state index < -0.39 is 40.6 Å². The van der Waals surface area contributed by atoms with E-state index in [4.69, 9.17) is 35.4 Å². The lowest BCUT2D eigenvalue weighted by molar-refractivity contribution is -0.202. The lowest BCUT2D eigenvalue weighted by atomic mass is 10.1. The largest absolute Gasteiger partial charge is 0.490 e. The summed E-state index contributed by atoms with van der Waals surface area (Å²) in [5.74, 6) is -0.0170. The molecule has 3 atom stereocenters. The van der Waals surface area contributed by atoms with Gasteiger partial charge >= 0.3 is 6.09 Å². The number of hydroxylamine groups is 1. The van der Waals surface area contributed by atoms with Crippen molar-refractivity contribution in [3.63, 3.8) is 0 Å². The Kier molecular flexibility index (Phi) is 12.1. The van der Waals surface area contributed by atoms with Crippen molar-refractivity contribution in [2.75, 3.05) is 53.1 Å².